The van der Waals surface area contributed by atoms with E-state index in [9.17, 15) is 4.79 Å². The summed E-state index contributed by atoms with van der Waals surface area (Å²) in [6, 6.07) is 0. The van der Waals surface area contributed by atoms with E-state index in [1.807, 2.05) is 0 Å². The predicted octanol–water partition coefficient (Wildman–Crippen LogP) is 2.14. The summed E-state index contributed by atoms with van der Waals surface area (Å²) in [6.07, 6.45) is -0.604. The Kier molecular flexibility index (Phi) is 3.39. The number of rotatable bonds is 1. The SMILES string of the molecule is C=C(C)OC(=O)N=C(C)C. The summed E-state index contributed by atoms with van der Waals surface area (Å²) in [5.74, 6) is 0.356. The zero-order valence-corrected chi connectivity index (χ0v) is 6.47. The van der Waals surface area contributed by atoms with Crippen molar-refractivity contribution in [3.63, 3.8) is 0 Å². The monoisotopic (exact) mass is 141 g/mol. The van der Waals surface area contributed by atoms with Crippen LogP contribution in [0.25, 0.3) is 0 Å². The van der Waals surface area contributed by atoms with Crippen LogP contribution in [0.15, 0.2) is 17.3 Å². The van der Waals surface area contributed by atoms with Crippen LogP contribution in [0.2, 0.25) is 0 Å². The second-order valence-electron chi connectivity index (χ2n) is 2.13. The van der Waals surface area contributed by atoms with E-state index in [4.69, 9.17) is 0 Å². The molecular formula is C7H11NO2. The van der Waals surface area contributed by atoms with Crippen molar-refractivity contribution in [3.8, 4) is 0 Å². The fraction of sp³-hybridized carbons (Fsp3) is 0.429. The third-order valence-corrected chi connectivity index (χ3v) is 0.576. The van der Waals surface area contributed by atoms with Crippen molar-refractivity contribution in [1.29, 1.82) is 0 Å². The summed E-state index contributed by atoms with van der Waals surface area (Å²) in [7, 11) is 0. The van der Waals surface area contributed by atoms with E-state index in [1.54, 1.807) is 20.8 Å². The molecule has 0 bridgehead atoms. The van der Waals surface area contributed by atoms with Gasteiger partial charge in [-0.05, 0) is 20.8 Å². The molecule has 10 heavy (non-hydrogen) atoms. The maximum Gasteiger partial charge on any atom is 0.438 e. The van der Waals surface area contributed by atoms with Crippen molar-refractivity contribution in [1.82, 2.24) is 0 Å². The average molecular weight is 141 g/mol. The van der Waals surface area contributed by atoms with Gasteiger partial charge in [0.25, 0.3) is 0 Å². The van der Waals surface area contributed by atoms with Crippen molar-refractivity contribution >= 4 is 11.8 Å². The molecule has 0 spiro atoms. The minimum atomic E-state index is -0.604. The van der Waals surface area contributed by atoms with Crippen LogP contribution in [0.1, 0.15) is 20.8 Å². The zero-order valence-electron chi connectivity index (χ0n) is 6.47. The Labute approximate surface area is 60.4 Å². The Morgan fingerprint density at radius 1 is 1.40 bits per heavy atom. The van der Waals surface area contributed by atoms with E-state index in [0.717, 1.165) is 0 Å². The van der Waals surface area contributed by atoms with Gasteiger partial charge in [0.1, 0.15) is 0 Å². The van der Waals surface area contributed by atoms with E-state index >= 15 is 0 Å². The molecule has 0 aromatic rings. The van der Waals surface area contributed by atoms with E-state index in [2.05, 4.69) is 16.3 Å². The highest BCUT2D eigenvalue weighted by atomic mass is 16.5. The fourth-order valence-corrected chi connectivity index (χ4v) is 0.354. The first-order valence-corrected chi connectivity index (χ1v) is 2.91. The van der Waals surface area contributed by atoms with E-state index < -0.39 is 6.09 Å². The molecule has 1 amide bonds. The Balaban J connectivity index is 3.88. The number of hydrogen-bond acceptors (Lipinski definition) is 2. The summed E-state index contributed by atoms with van der Waals surface area (Å²) >= 11 is 0. The second kappa shape index (κ2) is 3.82. The van der Waals surface area contributed by atoms with Crippen molar-refractivity contribution in [2.75, 3.05) is 0 Å². The lowest BCUT2D eigenvalue weighted by Gasteiger charge is -1.96. The van der Waals surface area contributed by atoms with Crippen molar-refractivity contribution in [3.05, 3.63) is 12.3 Å². The normalized spacial score (nSPS) is 8.30. The molecule has 56 valence electrons. The molecule has 0 fully saturated rings. The Morgan fingerprint density at radius 2 is 1.90 bits per heavy atom. The first kappa shape index (κ1) is 8.88. The molecule has 0 saturated carbocycles. The molecule has 0 N–H and O–H groups in total. The van der Waals surface area contributed by atoms with Gasteiger partial charge in [0.2, 0.25) is 0 Å². The van der Waals surface area contributed by atoms with Gasteiger partial charge in [-0.2, -0.15) is 4.99 Å². The Hall–Kier alpha value is -1.12. The highest BCUT2D eigenvalue weighted by molar-refractivity contribution is 5.90. The molecule has 0 radical (unpaired) electrons. The molecule has 0 aliphatic heterocycles. The summed E-state index contributed by atoms with van der Waals surface area (Å²) in [6.45, 7) is 8.43. The fourth-order valence-electron chi connectivity index (χ4n) is 0.354. The molecule has 0 heterocycles. The summed E-state index contributed by atoms with van der Waals surface area (Å²) in [4.78, 5) is 14.1. The largest absolute Gasteiger partial charge is 0.438 e. The number of carbonyl (C=O) groups is 1. The lowest BCUT2D eigenvalue weighted by molar-refractivity contribution is 0.188. The maximum atomic E-state index is 10.6. The number of ether oxygens (including phenoxy) is 1. The van der Waals surface area contributed by atoms with Crippen LogP contribution in [0, 0.1) is 0 Å². The Morgan fingerprint density at radius 3 is 2.20 bits per heavy atom. The molecule has 0 unspecified atom stereocenters. The highest BCUT2D eigenvalue weighted by Crippen LogP contribution is 1.93. The second-order valence-corrected chi connectivity index (χ2v) is 2.13. The number of carbonyl (C=O) groups excluding carboxylic acids is 1. The third-order valence-electron chi connectivity index (χ3n) is 0.576. The van der Waals surface area contributed by atoms with Crippen LogP contribution in [0.5, 0.6) is 0 Å². The van der Waals surface area contributed by atoms with E-state index in [0.29, 0.717) is 11.5 Å². The smallest absolute Gasteiger partial charge is 0.414 e. The summed E-state index contributed by atoms with van der Waals surface area (Å²) < 4.78 is 4.54. The van der Waals surface area contributed by atoms with Crippen LogP contribution < -0.4 is 0 Å². The van der Waals surface area contributed by atoms with Gasteiger partial charge in [0, 0.05) is 5.71 Å². The minimum absolute atomic E-state index is 0.356. The van der Waals surface area contributed by atoms with Crippen LogP contribution in [0.3, 0.4) is 0 Å². The number of allylic oxidation sites excluding steroid dienone is 1. The lowest BCUT2D eigenvalue weighted by Crippen LogP contribution is -1.98. The van der Waals surface area contributed by atoms with E-state index in [1.165, 1.54) is 0 Å². The van der Waals surface area contributed by atoms with Crippen molar-refractivity contribution in [2.24, 2.45) is 4.99 Å². The quantitative estimate of drug-likeness (QED) is 0.414. The molecule has 0 aliphatic carbocycles. The molecule has 0 aromatic carbocycles. The average Bonchev–Trinajstić information content (AvgIpc) is 1.58. The van der Waals surface area contributed by atoms with E-state index in [-0.39, 0.29) is 0 Å². The molecule has 0 rings (SSSR count). The molecule has 0 atom stereocenters. The standard InChI is InChI=1S/C7H11NO2/c1-5(2)8-7(9)10-6(3)4/h3H2,1-2,4H3. The van der Waals surface area contributed by atoms with Gasteiger partial charge in [0.05, 0.1) is 5.76 Å². The molecule has 0 saturated heterocycles. The maximum absolute atomic E-state index is 10.6. The molecular weight excluding hydrogens is 130 g/mol. The van der Waals surface area contributed by atoms with Gasteiger partial charge in [-0.3, -0.25) is 0 Å². The summed E-state index contributed by atoms with van der Waals surface area (Å²) in [5.41, 5.74) is 0.672. The minimum Gasteiger partial charge on any atom is -0.414 e. The molecule has 3 heteroatoms. The number of aliphatic imine (C=N–C) groups is 1. The topological polar surface area (TPSA) is 38.7 Å². The Bertz CT molecular complexity index is 178. The van der Waals surface area contributed by atoms with Gasteiger partial charge < -0.3 is 4.74 Å². The van der Waals surface area contributed by atoms with Crippen LogP contribution in [0.4, 0.5) is 4.79 Å². The van der Waals surface area contributed by atoms with Crippen LogP contribution in [-0.4, -0.2) is 11.8 Å². The van der Waals surface area contributed by atoms with Gasteiger partial charge in [-0.25, -0.2) is 4.79 Å². The van der Waals surface area contributed by atoms with Gasteiger partial charge in [-0.1, -0.05) is 6.58 Å². The number of nitrogens with zero attached hydrogens (tertiary/aromatic N) is 1. The van der Waals surface area contributed by atoms with Crippen molar-refractivity contribution in [2.45, 2.75) is 20.8 Å². The molecule has 3 nitrogen and oxygen atoms in total. The zero-order chi connectivity index (χ0) is 8.15. The lowest BCUT2D eigenvalue weighted by atomic mass is 10.5. The molecule has 0 aromatic heterocycles. The highest BCUT2D eigenvalue weighted by Gasteiger charge is 1.97. The molecule has 0 aliphatic rings. The van der Waals surface area contributed by atoms with Crippen LogP contribution >= 0.6 is 0 Å². The first-order valence-electron chi connectivity index (χ1n) is 2.91. The third kappa shape index (κ3) is 5.03. The van der Waals surface area contributed by atoms with Gasteiger partial charge in [0.15, 0.2) is 0 Å². The number of hydrogen-bond donors (Lipinski definition) is 0. The number of amides is 1. The van der Waals surface area contributed by atoms with Crippen LogP contribution in [-0.2, 0) is 4.74 Å². The first-order chi connectivity index (χ1) is 4.52. The predicted molar refractivity (Wildman–Crippen MR) is 40.1 cm³/mol. The summed E-state index contributed by atoms with van der Waals surface area (Å²) in [5, 5.41) is 0. The van der Waals surface area contributed by atoms with Gasteiger partial charge in [-0.15, -0.1) is 0 Å². The van der Waals surface area contributed by atoms with Crippen molar-refractivity contribution < 1.29 is 9.53 Å². The van der Waals surface area contributed by atoms with Gasteiger partial charge >= 0.3 is 6.09 Å².